The first-order valence-electron chi connectivity index (χ1n) is 9.28. The van der Waals surface area contributed by atoms with Crippen LogP contribution in [0.2, 0.25) is 5.02 Å². The van der Waals surface area contributed by atoms with Crippen molar-refractivity contribution in [2.45, 2.75) is 44.6 Å². The van der Waals surface area contributed by atoms with Crippen molar-refractivity contribution >= 4 is 17.5 Å². The molecule has 6 nitrogen and oxygen atoms in total. The Morgan fingerprint density at radius 2 is 2.00 bits per heavy atom. The van der Waals surface area contributed by atoms with Gasteiger partial charge in [-0.15, -0.1) is 0 Å². The molecule has 0 spiro atoms. The molecule has 1 amide bonds. The van der Waals surface area contributed by atoms with Gasteiger partial charge >= 0.3 is 0 Å². The first-order chi connectivity index (χ1) is 13.4. The van der Waals surface area contributed by atoms with Gasteiger partial charge in [-0.05, 0) is 51.0 Å². The third kappa shape index (κ3) is 4.39. The van der Waals surface area contributed by atoms with Gasteiger partial charge in [0.25, 0.3) is 5.91 Å². The number of nitrogens with zero attached hydrogens (tertiary/aromatic N) is 3. The minimum atomic E-state index is -0.557. The molecule has 1 aromatic carbocycles. The van der Waals surface area contributed by atoms with Gasteiger partial charge in [0, 0.05) is 28.5 Å². The van der Waals surface area contributed by atoms with Crippen molar-refractivity contribution in [3.8, 4) is 11.3 Å². The van der Waals surface area contributed by atoms with Crippen molar-refractivity contribution in [3.05, 3.63) is 64.9 Å². The lowest BCUT2D eigenvalue weighted by Crippen LogP contribution is -2.45. The summed E-state index contributed by atoms with van der Waals surface area (Å²) in [5.41, 5.74) is 1.34. The van der Waals surface area contributed by atoms with Gasteiger partial charge in [0.15, 0.2) is 5.82 Å². The second kappa shape index (κ2) is 7.36. The zero-order chi connectivity index (χ0) is 19.7. The molecule has 0 unspecified atom stereocenters. The van der Waals surface area contributed by atoms with E-state index in [1.165, 1.54) is 0 Å². The van der Waals surface area contributed by atoms with Gasteiger partial charge in [0.1, 0.15) is 5.69 Å². The van der Waals surface area contributed by atoms with Gasteiger partial charge in [-0.1, -0.05) is 35.0 Å². The first kappa shape index (κ1) is 18.6. The molecule has 0 atom stereocenters. The molecule has 1 N–H and O–H groups in total. The number of aromatic nitrogens is 3. The highest BCUT2D eigenvalue weighted by Gasteiger charge is 2.31. The summed E-state index contributed by atoms with van der Waals surface area (Å²) in [5.74, 6) is 1.49. The molecular weight excluding hydrogens is 376 g/mol. The number of halogens is 1. The van der Waals surface area contributed by atoms with Gasteiger partial charge in [-0.25, -0.2) is 4.98 Å². The van der Waals surface area contributed by atoms with Crippen LogP contribution in [0, 0.1) is 0 Å². The van der Waals surface area contributed by atoms with Gasteiger partial charge < -0.3 is 9.84 Å². The lowest BCUT2D eigenvalue weighted by Gasteiger charge is -2.24. The number of pyridine rings is 1. The maximum Gasteiger partial charge on any atom is 0.270 e. The topological polar surface area (TPSA) is 80.9 Å². The zero-order valence-corrected chi connectivity index (χ0v) is 16.5. The van der Waals surface area contributed by atoms with E-state index in [2.05, 4.69) is 20.4 Å². The van der Waals surface area contributed by atoms with Gasteiger partial charge in [0.2, 0.25) is 5.89 Å². The number of nitrogens with one attached hydrogen (secondary N) is 1. The molecule has 1 saturated carbocycles. The van der Waals surface area contributed by atoms with E-state index >= 15 is 0 Å². The van der Waals surface area contributed by atoms with Gasteiger partial charge in [0.05, 0.1) is 5.69 Å². The van der Waals surface area contributed by atoms with Gasteiger partial charge in [-0.2, -0.15) is 4.98 Å². The zero-order valence-electron chi connectivity index (χ0n) is 15.8. The smallest absolute Gasteiger partial charge is 0.270 e. The number of carbonyl (C=O) groups excluding carboxylic acids is 1. The number of carbonyl (C=O) groups is 1. The number of hydrogen-bond acceptors (Lipinski definition) is 5. The Bertz CT molecular complexity index is 1010. The minimum absolute atomic E-state index is 0.254. The maximum absolute atomic E-state index is 12.8. The number of hydrogen-bond donors (Lipinski definition) is 1. The molecule has 1 aliphatic carbocycles. The second-order valence-electron chi connectivity index (χ2n) is 7.75. The highest BCUT2D eigenvalue weighted by atomic mass is 35.5. The monoisotopic (exact) mass is 396 g/mol. The fourth-order valence-corrected chi connectivity index (χ4v) is 3.20. The highest BCUT2D eigenvalue weighted by Crippen LogP contribution is 2.38. The molecule has 0 radical (unpaired) electrons. The molecule has 144 valence electrons. The highest BCUT2D eigenvalue weighted by molar-refractivity contribution is 6.30. The first-order valence-corrected chi connectivity index (χ1v) is 9.65. The van der Waals surface area contributed by atoms with E-state index in [-0.39, 0.29) is 5.91 Å². The fourth-order valence-electron chi connectivity index (χ4n) is 3.01. The van der Waals surface area contributed by atoms with E-state index < -0.39 is 5.54 Å². The molecule has 1 aliphatic rings. The van der Waals surface area contributed by atoms with Gasteiger partial charge in [-0.3, -0.25) is 4.79 Å². The SMILES string of the molecule is CC(C)(Cc1nc(C2CC2)no1)NC(=O)c1cccc(-c2cccc(Cl)c2)n1. The lowest BCUT2D eigenvalue weighted by atomic mass is 10.0. The standard InChI is InChI=1S/C21H21ClN4O2/c1-21(2,12-18-24-19(26-28-18)13-9-10-13)25-20(27)17-8-4-7-16(23-17)14-5-3-6-15(22)11-14/h3-8,11,13H,9-10,12H2,1-2H3,(H,25,27). The van der Waals surface area contributed by atoms with Crippen molar-refractivity contribution in [2.24, 2.45) is 0 Å². The van der Waals surface area contributed by atoms with Crippen molar-refractivity contribution in [1.29, 1.82) is 0 Å². The van der Waals surface area contributed by atoms with E-state index in [9.17, 15) is 4.79 Å². The average Bonchev–Trinajstić information content (AvgIpc) is 3.41. The Labute approximate surface area is 168 Å². The number of rotatable bonds is 6. The normalized spacial score (nSPS) is 14.1. The molecule has 28 heavy (non-hydrogen) atoms. The Hall–Kier alpha value is -2.73. The third-order valence-electron chi connectivity index (χ3n) is 4.57. The Kier molecular flexibility index (Phi) is 4.89. The second-order valence-corrected chi connectivity index (χ2v) is 8.19. The summed E-state index contributed by atoms with van der Waals surface area (Å²) in [6.45, 7) is 3.85. The molecule has 4 rings (SSSR count). The molecule has 0 saturated heterocycles. The summed E-state index contributed by atoms with van der Waals surface area (Å²) >= 11 is 6.06. The van der Waals surface area contributed by atoms with E-state index in [1.54, 1.807) is 12.1 Å². The molecule has 2 heterocycles. The van der Waals surface area contributed by atoms with Crippen LogP contribution in [-0.2, 0) is 6.42 Å². The van der Waals surface area contributed by atoms with E-state index in [1.807, 2.05) is 44.2 Å². The van der Waals surface area contributed by atoms with E-state index in [0.717, 1.165) is 24.2 Å². The van der Waals surface area contributed by atoms with Crippen LogP contribution in [0.15, 0.2) is 47.0 Å². The summed E-state index contributed by atoms with van der Waals surface area (Å²) in [7, 11) is 0. The molecule has 0 aliphatic heterocycles. The molecule has 7 heteroatoms. The van der Waals surface area contributed by atoms with Crippen molar-refractivity contribution in [2.75, 3.05) is 0 Å². The van der Waals surface area contributed by atoms with E-state index in [0.29, 0.717) is 34.6 Å². The Balaban J connectivity index is 1.46. The van der Waals surface area contributed by atoms with E-state index in [4.69, 9.17) is 16.1 Å². The summed E-state index contributed by atoms with van der Waals surface area (Å²) < 4.78 is 5.34. The molecule has 0 bridgehead atoms. The summed E-state index contributed by atoms with van der Waals surface area (Å²) in [4.78, 5) is 21.7. The maximum atomic E-state index is 12.8. The van der Waals surface area contributed by atoms with Crippen LogP contribution in [0.25, 0.3) is 11.3 Å². The van der Waals surface area contributed by atoms with Crippen LogP contribution in [0.5, 0.6) is 0 Å². The lowest BCUT2D eigenvalue weighted by molar-refractivity contribution is 0.0904. The molecule has 2 aromatic heterocycles. The van der Waals surface area contributed by atoms with Crippen LogP contribution in [0.1, 0.15) is 54.8 Å². The quantitative estimate of drug-likeness (QED) is 0.667. The van der Waals surface area contributed by atoms with Crippen molar-refractivity contribution < 1.29 is 9.32 Å². The number of amides is 1. The van der Waals surface area contributed by atoms with Crippen molar-refractivity contribution in [3.63, 3.8) is 0 Å². The Morgan fingerprint density at radius 3 is 2.75 bits per heavy atom. The summed E-state index contributed by atoms with van der Waals surface area (Å²) in [6.07, 6.45) is 2.69. The predicted octanol–water partition coefficient (Wildman–Crippen LogP) is 4.41. The molecule has 1 fully saturated rings. The predicted molar refractivity (Wildman–Crippen MR) is 106 cm³/mol. The van der Waals surface area contributed by atoms with Crippen LogP contribution in [-0.4, -0.2) is 26.6 Å². The minimum Gasteiger partial charge on any atom is -0.345 e. The number of benzene rings is 1. The van der Waals surface area contributed by atoms with Crippen LogP contribution in [0.4, 0.5) is 0 Å². The summed E-state index contributed by atoms with van der Waals surface area (Å²) in [5, 5.41) is 7.67. The molecule has 3 aromatic rings. The fraction of sp³-hybridized carbons (Fsp3) is 0.333. The Morgan fingerprint density at radius 1 is 1.21 bits per heavy atom. The third-order valence-corrected chi connectivity index (χ3v) is 4.81. The van der Waals surface area contributed by atoms with Crippen molar-refractivity contribution in [1.82, 2.24) is 20.4 Å². The summed E-state index contributed by atoms with van der Waals surface area (Å²) in [6, 6.07) is 12.7. The van der Waals surface area contributed by atoms with Crippen LogP contribution < -0.4 is 5.32 Å². The van der Waals surface area contributed by atoms with Crippen LogP contribution in [0.3, 0.4) is 0 Å². The largest absolute Gasteiger partial charge is 0.345 e. The van der Waals surface area contributed by atoms with Crippen LogP contribution >= 0.6 is 11.6 Å². The molecular formula is C21H21ClN4O2. The average molecular weight is 397 g/mol.